The minimum atomic E-state index is -0.841. The molecule has 2 atom stereocenters. The smallest absolute Gasteiger partial charge is 0.163 e. The van der Waals surface area contributed by atoms with Gasteiger partial charge in [0.2, 0.25) is 0 Å². The fourth-order valence-corrected chi connectivity index (χ4v) is 3.08. The summed E-state index contributed by atoms with van der Waals surface area (Å²) >= 11 is 0. The van der Waals surface area contributed by atoms with Crippen LogP contribution in [0.25, 0.3) is 0 Å². The zero-order valence-electron chi connectivity index (χ0n) is 16.8. The van der Waals surface area contributed by atoms with E-state index in [9.17, 15) is 14.3 Å². The summed E-state index contributed by atoms with van der Waals surface area (Å²) in [6.07, 6.45) is 2.63. The third-order valence-electron chi connectivity index (χ3n) is 4.55. The number of carbonyl (C=O) groups excluding carboxylic acids is 1. The average molecular weight is 434 g/mol. The highest BCUT2D eigenvalue weighted by atomic mass is 35.5. The first-order valence-electron chi connectivity index (χ1n) is 9.32. The number of aliphatic hydroxyl groups excluding tert-OH is 1. The van der Waals surface area contributed by atoms with E-state index in [0.29, 0.717) is 22.7 Å². The van der Waals surface area contributed by atoms with Crippen LogP contribution in [0.5, 0.6) is 5.75 Å². The van der Waals surface area contributed by atoms with E-state index in [-0.39, 0.29) is 37.2 Å². The lowest BCUT2D eigenvalue weighted by Crippen LogP contribution is -2.35. The maximum Gasteiger partial charge on any atom is 0.163 e. The summed E-state index contributed by atoms with van der Waals surface area (Å²) in [7, 11) is 1.86. The third-order valence-corrected chi connectivity index (χ3v) is 4.55. The highest BCUT2D eigenvalue weighted by molar-refractivity contribution is 5.96. The molecule has 0 aliphatic heterocycles. The number of Topliss-reactive ketones (excluding diaryl/α,β-unsaturated/α-hetero) is 1. The van der Waals surface area contributed by atoms with Gasteiger partial charge in [-0.25, -0.2) is 9.37 Å². The molecule has 0 fully saturated rings. The number of para-hydroxylation sites is 1. The second-order valence-corrected chi connectivity index (χ2v) is 6.81. The van der Waals surface area contributed by atoms with Crippen LogP contribution in [0.2, 0.25) is 0 Å². The van der Waals surface area contributed by atoms with Crippen LogP contribution in [0.15, 0.2) is 60.9 Å². The Morgan fingerprint density at radius 3 is 2.70 bits per heavy atom. The number of ketones is 1. The van der Waals surface area contributed by atoms with Crippen molar-refractivity contribution in [3.8, 4) is 5.75 Å². The van der Waals surface area contributed by atoms with E-state index in [0.717, 1.165) is 0 Å². The predicted molar refractivity (Wildman–Crippen MR) is 115 cm³/mol. The number of imidazole rings is 1. The van der Waals surface area contributed by atoms with E-state index >= 15 is 0 Å². The lowest BCUT2D eigenvalue weighted by molar-refractivity contribution is 0.0967. The van der Waals surface area contributed by atoms with Crippen molar-refractivity contribution in [1.29, 1.82) is 0 Å². The van der Waals surface area contributed by atoms with Crippen molar-refractivity contribution in [2.45, 2.75) is 19.1 Å². The first-order valence-corrected chi connectivity index (χ1v) is 9.32. The zero-order valence-corrected chi connectivity index (χ0v) is 17.6. The van der Waals surface area contributed by atoms with Crippen molar-refractivity contribution >= 4 is 18.2 Å². The highest BCUT2D eigenvalue weighted by Gasteiger charge is 2.20. The van der Waals surface area contributed by atoms with Crippen molar-refractivity contribution in [1.82, 2.24) is 14.9 Å². The van der Waals surface area contributed by atoms with Crippen LogP contribution in [0, 0.1) is 5.82 Å². The molecule has 30 heavy (non-hydrogen) atoms. The molecule has 160 valence electrons. The number of halogens is 2. The molecule has 0 bridgehead atoms. The summed E-state index contributed by atoms with van der Waals surface area (Å²) in [6, 6.07) is 12.8. The second kappa shape index (κ2) is 10.9. The summed E-state index contributed by atoms with van der Waals surface area (Å²) in [6.45, 7) is 1.67. The Balaban J connectivity index is 0.00000320. The van der Waals surface area contributed by atoms with Gasteiger partial charge >= 0.3 is 0 Å². The maximum atomic E-state index is 13.7. The number of nitrogens with one attached hydrogen (secondary N) is 1. The van der Waals surface area contributed by atoms with E-state index in [4.69, 9.17) is 4.74 Å². The van der Waals surface area contributed by atoms with Crippen LogP contribution >= 0.6 is 12.4 Å². The number of carbonyl (C=O) groups is 1. The molecule has 3 aromatic rings. The molecule has 2 unspecified atom stereocenters. The van der Waals surface area contributed by atoms with E-state index in [2.05, 4.69) is 10.3 Å². The Kier molecular flexibility index (Phi) is 8.53. The number of hydrogen-bond donors (Lipinski definition) is 2. The Hall–Kier alpha value is -2.74. The number of hydrogen-bond acceptors (Lipinski definition) is 5. The molecule has 2 N–H and O–H groups in total. The first kappa shape index (κ1) is 23.5. The van der Waals surface area contributed by atoms with Crippen LogP contribution in [-0.2, 0) is 7.05 Å². The monoisotopic (exact) mass is 433 g/mol. The van der Waals surface area contributed by atoms with Gasteiger partial charge < -0.3 is 19.7 Å². The average Bonchev–Trinajstić information content (AvgIpc) is 3.12. The van der Waals surface area contributed by atoms with E-state index in [1.54, 1.807) is 42.6 Å². The molecule has 0 spiro atoms. The van der Waals surface area contributed by atoms with Gasteiger partial charge in [0.25, 0.3) is 0 Å². The van der Waals surface area contributed by atoms with Gasteiger partial charge in [-0.2, -0.15) is 0 Å². The normalized spacial score (nSPS) is 12.7. The molecular formula is C22H25ClFN3O3. The van der Waals surface area contributed by atoms with Gasteiger partial charge in [0.05, 0.1) is 11.6 Å². The number of nitrogens with zero attached hydrogens (tertiary/aromatic N) is 2. The fourth-order valence-electron chi connectivity index (χ4n) is 3.08. The molecule has 3 rings (SSSR count). The molecule has 6 nitrogen and oxygen atoms in total. The van der Waals surface area contributed by atoms with Gasteiger partial charge in [-0.3, -0.25) is 4.79 Å². The number of aryl methyl sites for hydroxylation is 1. The SMILES string of the molecule is CC(=O)c1ccccc1OCC(O)CNC(c1cccc(F)c1)c1nccn1C.Cl. The van der Waals surface area contributed by atoms with Crippen molar-refractivity contribution in [3.05, 3.63) is 83.7 Å². The summed E-state index contributed by atoms with van der Waals surface area (Å²) in [5.41, 5.74) is 1.17. The molecule has 2 aromatic carbocycles. The lowest BCUT2D eigenvalue weighted by atomic mass is 10.1. The van der Waals surface area contributed by atoms with Crippen molar-refractivity contribution in [2.24, 2.45) is 7.05 Å². The van der Waals surface area contributed by atoms with Gasteiger partial charge in [0.1, 0.15) is 30.1 Å². The van der Waals surface area contributed by atoms with Crippen LogP contribution in [0.3, 0.4) is 0 Å². The van der Waals surface area contributed by atoms with E-state index in [1.807, 2.05) is 17.8 Å². The Bertz CT molecular complexity index is 980. The summed E-state index contributed by atoms with van der Waals surface area (Å²) in [4.78, 5) is 16.0. The number of benzene rings is 2. The summed E-state index contributed by atoms with van der Waals surface area (Å²) in [5, 5.41) is 13.6. The van der Waals surface area contributed by atoms with Crippen molar-refractivity contribution in [3.63, 3.8) is 0 Å². The standard InChI is InChI=1S/C22H24FN3O3.ClH/c1-15(27)19-8-3-4-9-20(19)29-14-18(28)13-25-21(22-24-10-11-26(22)2)16-6-5-7-17(23)12-16;/h3-12,18,21,25,28H,13-14H2,1-2H3;1H. The van der Waals surface area contributed by atoms with Crippen molar-refractivity contribution < 1.29 is 19.0 Å². The molecule has 1 heterocycles. The van der Waals surface area contributed by atoms with Gasteiger partial charge in [-0.1, -0.05) is 24.3 Å². The summed E-state index contributed by atoms with van der Waals surface area (Å²) < 4.78 is 21.2. The van der Waals surface area contributed by atoms with Gasteiger partial charge in [-0.15, -0.1) is 12.4 Å². The molecule has 1 aromatic heterocycles. The fraction of sp³-hybridized carbons (Fsp3) is 0.273. The molecular weight excluding hydrogens is 409 g/mol. The van der Waals surface area contributed by atoms with Crippen LogP contribution in [0.4, 0.5) is 4.39 Å². The maximum absolute atomic E-state index is 13.7. The quantitative estimate of drug-likeness (QED) is 0.506. The Labute approximate surface area is 181 Å². The molecule has 0 saturated carbocycles. The second-order valence-electron chi connectivity index (χ2n) is 6.81. The van der Waals surface area contributed by atoms with Gasteiger partial charge in [-0.05, 0) is 36.8 Å². The van der Waals surface area contributed by atoms with Crippen LogP contribution < -0.4 is 10.1 Å². The molecule has 0 saturated heterocycles. The minimum absolute atomic E-state index is 0. The van der Waals surface area contributed by atoms with Gasteiger partial charge in [0, 0.05) is 26.0 Å². The largest absolute Gasteiger partial charge is 0.490 e. The third kappa shape index (κ3) is 5.89. The molecule has 0 aliphatic carbocycles. The number of aliphatic hydroxyl groups is 1. The lowest BCUT2D eigenvalue weighted by Gasteiger charge is -2.21. The number of ether oxygens (including phenoxy) is 1. The number of aromatic nitrogens is 2. The molecule has 0 amide bonds. The number of rotatable bonds is 9. The predicted octanol–water partition coefficient (Wildman–Crippen LogP) is 3.30. The van der Waals surface area contributed by atoms with Crippen molar-refractivity contribution in [2.75, 3.05) is 13.2 Å². The minimum Gasteiger partial charge on any atom is -0.490 e. The first-order chi connectivity index (χ1) is 14.0. The zero-order chi connectivity index (χ0) is 20.8. The Morgan fingerprint density at radius 2 is 2.03 bits per heavy atom. The molecule has 0 aliphatic rings. The van der Waals surface area contributed by atoms with E-state index in [1.165, 1.54) is 19.1 Å². The topological polar surface area (TPSA) is 76.4 Å². The van der Waals surface area contributed by atoms with Crippen LogP contribution in [-0.4, -0.2) is 39.7 Å². The molecule has 0 radical (unpaired) electrons. The molecule has 8 heteroatoms. The van der Waals surface area contributed by atoms with E-state index < -0.39 is 12.1 Å². The Morgan fingerprint density at radius 1 is 1.27 bits per heavy atom. The van der Waals surface area contributed by atoms with Gasteiger partial charge in [0.15, 0.2) is 5.78 Å². The van der Waals surface area contributed by atoms with Crippen LogP contribution in [0.1, 0.15) is 34.7 Å². The summed E-state index contributed by atoms with van der Waals surface area (Å²) in [5.74, 6) is 0.692. The highest BCUT2D eigenvalue weighted by Crippen LogP contribution is 2.22.